The van der Waals surface area contributed by atoms with Crippen LogP contribution in [0.5, 0.6) is 11.5 Å². The number of aryl methyl sites for hydroxylation is 2. The van der Waals surface area contributed by atoms with Gasteiger partial charge in [0.15, 0.2) is 17.8 Å². The molecule has 0 spiro atoms. The van der Waals surface area contributed by atoms with Crippen molar-refractivity contribution in [3.8, 4) is 11.5 Å². The van der Waals surface area contributed by atoms with Gasteiger partial charge in [0, 0.05) is 13.2 Å². The Hall–Kier alpha value is -3.54. The van der Waals surface area contributed by atoms with E-state index in [9.17, 15) is 0 Å². The number of nitrogens with two attached hydrogens (primary N) is 1. The topological polar surface area (TPSA) is 136 Å². The molecular weight excluding hydrogens is 595 g/mol. The van der Waals surface area contributed by atoms with Gasteiger partial charge in [-0.25, -0.2) is 19.5 Å². The Bertz CT molecular complexity index is 1510. The normalized spacial score (nSPS) is 13.4. The maximum absolute atomic E-state index is 15.2. The predicted molar refractivity (Wildman–Crippen MR) is 174 cm³/mol. The van der Waals surface area contributed by atoms with Crippen LogP contribution in [0.2, 0.25) is 0 Å². The van der Waals surface area contributed by atoms with E-state index >= 15 is 4.57 Å². The molecule has 0 amide bonds. The molecule has 13 heteroatoms. The molecule has 0 saturated heterocycles. The van der Waals surface area contributed by atoms with Gasteiger partial charge in [-0.2, -0.15) is 4.67 Å². The van der Waals surface area contributed by atoms with Crippen LogP contribution in [0.1, 0.15) is 52.7 Å². The Morgan fingerprint density at radius 1 is 0.867 bits per heavy atom. The minimum atomic E-state index is -4.17. The van der Waals surface area contributed by atoms with Crippen molar-refractivity contribution >= 4 is 24.7 Å². The number of ether oxygens (including phenoxy) is 3. The average Bonchev–Trinajstić information content (AvgIpc) is 3.44. The summed E-state index contributed by atoms with van der Waals surface area (Å²) in [6, 6.07) is 14.4. The number of nitrogen functional groups attached to an aromatic ring is 1. The summed E-state index contributed by atoms with van der Waals surface area (Å²) in [5.74, 6) is 1.14. The lowest BCUT2D eigenvalue weighted by Crippen LogP contribution is -2.45. The number of hydrogen-bond acceptors (Lipinski definition) is 10. The van der Waals surface area contributed by atoms with Gasteiger partial charge in [0.05, 0.1) is 25.0 Å². The molecule has 0 aliphatic rings. The van der Waals surface area contributed by atoms with Crippen molar-refractivity contribution in [2.45, 2.75) is 79.4 Å². The number of aromatic nitrogens is 4. The van der Waals surface area contributed by atoms with Crippen LogP contribution >= 0.6 is 7.75 Å². The van der Waals surface area contributed by atoms with Gasteiger partial charge in [-0.1, -0.05) is 38.1 Å². The number of anilines is 1. The molecule has 2 aromatic carbocycles. The van der Waals surface area contributed by atoms with E-state index < -0.39 is 20.1 Å². The van der Waals surface area contributed by atoms with Crippen LogP contribution in [0.15, 0.2) is 61.2 Å². The van der Waals surface area contributed by atoms with Crippen molar-refractivity contribution < 1.29 is 27.8 Å². The van der Waals surface area contributed by atoms with E-state index in [1.54, 1.807) is 23.1 Å². The van der Waals surface area contributed by atoms with Gasteiger partial charge in [-0.15, -0.1) is 0 Å². The Labute approximate surface area is 265 Å². The fraction of sp³-hybridized carbons (Fsp3) is 0.469. The lowest BCUT2D eigenvalue weighted by molar-refractivity contribution is -0.172. The monoisotopic (exact) mass is 640 g/mol. The molecule has 0 aliphatic heterocycles. The summed E-state index contributed by atoms with van der Waals surface area (Å²) in [4.78, 5) is 12.7. The van der Waals surface area contributed by atoms with E-state index in [1.807, 2.05) is 82.5 Å². The zero-order valence-corrected chi connectivity index (χ0v) is 27.9. The number of nitrogens with zero attached hydrogens (tertiary/aromatic N) is 5. The molecule has 0 saturated carbocycles. The maximum Gasteiger partial charge on any atom is 0.517 e. The first-order chi connectivity index (χ1) is 21.7. The van der Waals surface area contributed by atoms with Gasteiger partial charge < -0.3 is 33.6 Å². The summed E-state index contributed by atoms with van der Waals surface area (Å²) in [6.45, 7) is 12.7. The van der Waals surface area contributed by atoms with Crippen LogP contribution < -0.4 is 14.8 Å². The van der Waals surface area contributed by atoms with Crippen molar-refractivity contribution in [1.82, 2.24) is 24.2 Å². The zero-order valence-electron chi connectivity index (χ0n) is 27.0. The van der Waals surface area contributed by atoms with Crippen molar-refractivity contribution in [2.75, 3.05) is 25.7 Å². The lowest BCUT2D eigenvalue weighted by Gasteiger charge is -2.37. The first kappa shape index (κ1) is 34.3. The molecule has 2 aromatic heterocycles. The Kier molecular flexibility index (Phi) is 12.3. The molecule has 2 heterocycles. The fourth-order valence-electron chi connectivity index (χ4n) is 4.81. The summed E-state index contributed by atoms with van der Waals surface area (Å²) >= 11 is 0. The summed E-state index contributed by atoms with van der Waals surface area (Å²) in [7, 11) is -4.17. The van der Waals surface area contributed by atoms with E-state index in [0.29, 0.717) is 48.2 Å². The molecule has 4 rings (SSSR count). The molecule has 2 N–H and O–H groups in total. The van der Waals surface area contributed by atoms with Crippen LogP contribution in [0, 0.1) is 0 Å². The van der Waals surface area contributed by atoms with E-state index in [2.05, 4.69) is 15.0 Å². The van der Waals surface area contributed by atoms with Crippen LogP contribution in [0.3, 0.4) is 0 Å². The van der Waals surface area contributed by atoms with Gasteiger partial charge >= 0.3 is 7.75 Å². The number of imidazole rings is 1. The highest BCUT2D eigenvalue weighted by atomic mass is 31.2. The molecule has 45 heavy (non-hydrogen) atoms. The molecule has 2 atom stereocenters. The number of rotatable bonds is 18. The molecule has 0 radical (unpaired) electrons. The molecule has 244 valence electrons. The quantitative estimate of drug-likeness (QED) is 0.0976. The number of benzene rings is 2. The summed E-state index contributed by atoms with van der Waals surface area (Å²) in [5.41, 5.74) is 9.16. The van der Waals surface area contributed by atoms with Gasteiger partial charge in [-0.3, -0.25) is 0 Å². The highest BCUT2D eigenvalue weighted by molar-refractivity contribution is 7.52. The zero-order chi connectivity index (χ0) is 32.4. The van der Waals surface area contributed by atoms with Crippen molar-refractivity contribution in [3.05, 3.63) is 72.3 Å². The number of fused-ring (bicyclic) bond motifs is 1. The van der Waals surface area contributed by atoms with E-state index in [4.69, 9.17) is 29.0 Å². The summed E-state index contributed by atoms with van der Waals surface area (Å²) < 4.78 is 49.5. The van der Waals surface area contributed by atoms with Crippen LogP contribution in [-0.4, -0.2) is 62.6 Å². The van der Waals surface area contributed by atoms with Crippen molar-refractivity contribution in [2.24, 2.45) is 0 Å². The highest BCUT2D eigenvalue weighted by Gasteiger charge is 2.44. The molecule has 0 unspecified atom stereocenters. The third kappa shape index (κ3) is 8.80. The third-order valence-corrected chi connectivity index (χ3v) is 9.26. The third-order valence-electron chi connectivity index (χ3n) is 7.27. The first-order valence-corrected chi connectivity index (χ1v) is 16.9. The van der Waals surface area contributed by atoms with Gasteiger partial charge in [0.25, 0.3) is 0 Å². The Morgan fingerprint density at radius 3 is 2.02 bits per heavy atom. The second kappa shape index (κ2) is 16.1. The van der Waals surface area contributed by atoms with Crippen molar-refractivity contribution in [3.63, 3.8) is 0 Å². The number of hydrogen-bond donors (Lipinski definition) is 1. The standard InChI is InChI=1S/C32H45N6O6P/c1-7-25-13-11-15-27(17-25)43-45(39,44-28-16-12-14-26(8-2)18-28)38(24(6)32(40-9-3)41-10-4)22-42-23(5)19-37-21-36-29-30(33)34-20-35-31(29)37/h11-18,20-21,23-24,32H,7-10,19,22H2,1-6H3,(H2,33,34,35)/t23-,24+/m1/s1. The molecule has 0 fully saturated rings. The molecule has 4 aromatic rings. The van der Waals surface area contributed by atoms with Crippen LogP contribution in [-0.2, 0) is 38.2 Å². The van der Waals surface area contributed by atoms with Gasteiger partial charge in [0.1, 0.15) is 30.1 Å². The summed E-state index contributed by atoms with van der Waals surface area (Å²) in [5, 5.41) is 0. The van der Waals surface area contributed by atoms with E-state index in [1.165, 1.54) is 6.33 Å². The Balaban J connectivity index is 1.69. The molecule has 0 bridgehead atoms. The molecule has 0 aliphatic carbocycles. The maximum atomic E-state index is 15.2. The largest absolute Gasteiger partial charge is 0.517 e. The first-order valence-electron chi connectivity index (χ1n) is 15.4. The predicted octanol–water partition coefficient (Wildman–Crippen LogP) is 6.25. The SMILES string of the molecule is CCOC(OCC)[C@H](C)N(CO[C@H](C)Cn1cnc2c(N)ncnc21)P(=O)(Oc1cccc(CC)c1)Oc1cccc(CC)c1. The Morgan fingerprint density at radius 2 is 1.47 bits per heavy atom. The van der Waals surface area contributed by atoms with E-state index in [0.717, 1.165) is 24.0 Å². The minimum Gasteiger partial charge on any atom is -0.404 e. The van der Waals surface area contributed by atoms with E-state index in [-0.39, 0.29) is 12.8 Å². The van der Waals surface area contributed by atoms with Crippen LogP contribution in [0.4, 0.5) is 5.82 Å². The highest BCUT2D eigenvalue weighted by Crippen LogP contribution is 2.53. The summed E-state index contributed by atoms with van der Waals surface area (Å²) in [6.07, 6.45) is 3.52. The average molecular weight is 641 g/mol. The van der Waals surface area contributed by atoms with Crippen molar-refractivity contribution in [1.29, 1.82) is 0 Å². The molecule has 12 nitrogen and oxygen atoms in total. The fourth-order valence-corrected chi connectivity index (χ4v) is 6.58. The minimum absolute atomic E-state index is 0.124. The smallest absolute Gasteiger partial charge is 0.404 e. The van der Waals surface area contributed by atoms with Gasteiger partial charge in [0.2, 0.25) is 0 Å². The van der Waals surface area contributed by atoms with Crippen LogP contribution in [0.25, 0.3) is 11.2 Å². The lowest BCUT2D eigenvalue weighted by atomic mass is 10.2. The molecular formula is C32H45N6O6P. The van der Waals surface area contributed by atoms with Gasteiger partial charge in [-0.05, 0) is 75.9 Å². The second-order valence-electron chi connectivity index (χ2n) is 10.5. The second-order valence-corrected chi connectivity index (χ2v) is 12.4.